The van der Waals surface area contributed by atoms with Crippen LogP contribution in [-0.4, -0.2) is 14.1 Å². The molecule has 8 aromatic carbocycles. The summed E-state index contributed by atoms with van der Waals surface area (Å²) in [6.07, 6.45) is 4.59. The van der Waals surface area contributed by atoms with E-state index >= 15 is 0 Å². The third-order valence-corrected chi connectivity index (χ3v) is 11.0. The van der Waals surface area contributed by atoms with E-state index in [1.165, 1.54) is 12.3 Å². The summed E-state index contributed by atoms with van der Waals surface area (Å²) in [5.41, 5.74) is 1.49. The van der Waals surface area contributed by atoms with Crippen LogP contribution in [0.3, 0.4) is 0 Å². The van der Waals surface area contributed by atoms with Crippen LogP contribution in [0.2, 0.25) is 0 Å². The van der Waals surface area contributed by atoms with Gasteiger partial charge in [-0.25, -0.2) is 4.98 Å². The van der Waals surface area contributed by atoms with Crippen LogP contribution in [0.25, 0.3) is 83.4 Å². The summed E-state index contributed by atoms with van der Waals surface area (Å²) in [4.78, 5) is 4.66. The molecule has 5 nitrogen and oxygen atoms in total. The van der Waals surface area contributed by atoms with Crippen molar-refractivity contribution < 1.29 is 55.0 Å². The summed E-state index contributed by atoms with van der Waals surface area (Å²) < 4.78 is 168. The molecule has 0 aliphatic heterocycles. The van der Waals surface area contributed by atoms with E-state index in [-0.39, 0.29) is 83.0 Å². The molecule has 0 saturated carbocycles. The fraction of sp³-hybridized carbons (Fsp3) is 0.0847. The van der Waals surface area contributed by atoms with Crippen LogP contribution < -0.4 is 9.30 Å². The summed E-state index contributed by atoms with van der Waals surface area (Å²) in [7, 11) is 0. The Kier molecular flexibility index (Phi) is 6.75. The Bertz CT molecular complexity index is 4370. The number of nitrogens with zero attached hydrogens (tertiary/aromatic N) is 4. The topological polar surface area (TPSA) is 35.9 Å². The quantitative estimate of drug-likeness (QED) is 0.112. The monoisotopic (exact) mass is 1040 g/mol. The van der Waals surface area contributed by atoms with E-state index in [1.807, 2.05) is 45.0 Å². The molecule has 318 valence electrons. The van der Waals surface area contributed by atoms with E-state index < -0.39 is 103 Å². The number of imidazole rings is 1. The van der Waals surface area contributed by atoms with Crippen LogP contribution in [0.4, 0.5) is 0 Å². The summed E-state index contributed by atoms with van der Waals surface area (Å²) >= 11 is 0. The Morgan fingerprint density at radius 1 is 0.631 bits per heavy atom. The average Bonchev–Trinajstić information content (AvgIpc) is 3.31. The van der Waals surface area contributed by atoms with E-state index in [4.69, 9.17) is 23.9 Å². The van der Waals surface area contributed by atoms with Gasteiger partial charge in [-0.05, 0) is 74.4 Å². The van der Waals surface area contributed by atoms with Gasteiger partial charge in [-0.3, -0.25) is 4.57 Å². The third kappa shape index (κ3) is 7.66. The second-order valence-electron chi connectivity index (χ2n) is 16.0. The molecule has 0 atom stereocenters. The summed E-state index contributed by atoms with van der Waals surface area (Å²) in [5.74, 6) is 0.545. The number of hydrogen-bond donors (Lipinski definition) is 0. The van der Waals surface area contributed by atoms with Crippen LogP contribution in [0.5, 0.6) is 11.5 Å². The van der Waals surface area contributed by atoms with Crippen molar-refractivity contribution in [2.24, 2.45) is 0 Å². The Balaban J connectivity index is 0.00000769. The maximum atomic E-state index is 9.23. The molecule has 11 rings (SSSR count). The Morgan fingerprint density at radius 3 is 1.91 bits per heavy atom. The minimum atomic E-state index is -2.83. The van der Waals surface area contributed by atoms with Crippen LogP contribution in [0.1, 0.15) is 56.6 Å². The maximum absolute atomic E-state index is 9.23. The Hall–Kier alpha value is -7.33. The molecule has 0 aliphatic carbocycles. The van der Waals surface area contributed by atoms with Gasteiger partial charge in [0.2, 0.25) is 0 Å². The predicted octanol–water partition coefficient (Wildman–Crippen LogP) is 14.2. The van der Waals surface area contributed by atoms with Gasteiger partial charge in [0.1, 0.15) is 5.82 Å². The Labute approximate surface area is 419 Å². The van der Waals surface area contributed by atoms with Crippen LogP contribution in [0, 0.1) is 25.3 Å². The van der Waals surface area contributed by atoms with Crippen LogP contribution in [0.15, 0.2) is 194 Å². The number of pyridine rings is 1. The molecule has 0 radical (unpaired) electrons. The third-order valence-electron chi connectivity index (χ3n) is 11.0. The smallest absolute Gasteiger partial charge is 0.268 e. The summed E-state index contributed by atoms with van der Waals surface area (Å²) in [5, 5.41) is 1.47. The van der Waals surface area contributed by atoms with Gasteiger partial charge in [0.15, 0.2) is 0 Å². The van der Waals surface area contributed by atoms with Crippen molar-refractivity contribution in [3.05, 3.63) is 223 Å². The van der Waals surface area contributed by atoms with E-state index in [0.717, 1.165) is 5.39 Å². The molecular formula is C59H44N4OPt-2. The largest absolute Gasteiger partial charge is 0.510 e. The van der Waals surface area contributed by atoms with Crippen molar-refractivity contribution >= 4 is 32.8 Å². The van der Waals surface area contributed by atoms with E-state index in [2.05, 4.69) is 23.4 Å². The molecule has 3 aromatic heterocycles. The minimum Gasteiger partial charge on any atom is -0.510 e. The first kappa shape index (κ1) is 25.8. The molecule has 11 aromatic rings. The number of benzene rings is 8. The molecule has 0 unspecified atom stereocenters. The molecule has 0 amide bonds. The van der Waals surface area contributed by atoms with Gasteiger partial charge >= 0.3 is 0 Å². The number of hydrogen-bond acceptors (Lipinski definition) is 2. The molecule has 0 N–H and O–H groups in total. The maximum Gasteiger partial charge on any atom is 0.268 e. The molecule has 3 heterocycles. The molecule has 6 heteroatoms. The fourth-order valence-electron chi connectivity index (χ4n) is 7.93. The van der Waals surface area contributed by atoms with Crippen molar-refractivity contribution in [1.29, 1.82) is 0 Å². The van der Waals surface area contributed by atoms with Gasteiger partial charge in [-0.2, -0.15) is 18.2 Å². The van der Waals surface area contributed by atoms with Crippen LogP contribution in [-0.2, 0) is 26.5 Å². The van der Waals surface area contributed by atoms with Crippen molar-refractivity contribution in [2.75, 3.05) is 0 Å². The fourth-order valence-corrected chi connectivity index (χ4v) is 7.93. The summed E-state index contributed by atoms with van der Waals surface area (Å²) in [6, 6.07) is 25.7. The molecule has 0 saturated heterocycles. The van der Waals surface area contributed by atoms with Crippen molar-refractivity contribution in [3.8, 4) is 62.1 Å². The van der Waals surface area contributed by atoms with Gasteiger partial charge in [-0.1, -0.05) is 172 Å². The first-order valence-corrected chi connectivity index (χ1v) is 20.2. The molecule has 0 spiro atoms. The first-order valence-electron chi connectivity index (χ1n) is 29.2. The molecule has 0 aliphatic rings. The molecular weight excluding hydrogens is 976 g/mol. The van der Waals surface area contributed by atoms with Gasteiger partial charge in [0.05, 0.1) is 37.3 Å². The zero-order valence-electron chi connectivity index (χ0n) is 52.8. The van der Waals surface area contributed by atoms with E-state index in [0.29, 0.717) is 38.7 Å². The van der Waals surface area contributed by atoms with Crippen LogP contribution >= 0.6 is 0 Å². The standard InChI is InChI=1S/C59H44N4O.Pt/c1-40-33-57(60-38-52(40)43-23-12-7-13-24-43)63-53-28-15-14-27-48(53)49-32-31-47(37-56(49)63)64-46-26-18-25-45(36-46)61-39-62(55-30-17-16-29-54(55)61)58-50(41-19-8-5-9-20-41)34-44(59(2,3)4)35-51(58)42-21-10-6-11-22-42;/h5-35,38H,1-4H3;/q-2;/i1D3,5D,6D,7D,8D,9D,10D,11D,12D,13D,19D,20D,21D,22D,23D,24D;. The van der Waals surface area contributed by atoms with Crippen molar-refractivity contribution in [1.82, 2.24) is 14.1 Å². The summed E-state index contributed by atoms with van der Waals surface area (Å²) in [6.45, 7) is 2.87. The normalized spacial score (nSPS) is 15.7. The number of aromatic nitrogens is 4. The SMILES string of the molecule is [2H]c1c([2H])c([2H])c(-c2cnc(-n3c4[c-]c(Oc5[c-]c(-n6[c-][n+](-c7c(-c8c([2H])c([2H])c([2H])c([2H])c8[2H])cc(C(C)(C)C)cc7-c7c([2H])c([2H])c([2H])c([2H])c7[2H])c7ccccc76)ccc5)ccc4c4ccccc43)cc2C([2H])([2H])[2H])c([2H])c1[2H].[Pt]. The number of para-hydroxylation sites is 3. The van der Waals surface area contributed by atoms with E-state index in [1.54, 1.807) is 80.4 Å². The number of rotatable bonds is 8. The predicted molar refractivity (Wildman–Crippen MR) is 260 cm³/mol. The van der Waals surface area contributed by atoms with Crippen molar-refractivity contribution in [3.63, 3.8) is 0 Å². The number of ether oxygens (including phenoxy) is 1. The first-order chi connectivity index (χ1) is 38.7. The van der Waals surface area contributed by atoms with Gasteiger partial charge in [0.25, 0.3) is 6.33 Å². The zero-order chi connectivity index (χ0) is 58.9. The zero-order valence-corrected chi connectivity index (χ0v) is 37.1. The second-order valence-corrected chi connectivity index (χ2v) is 16.0. The molecule has 65 heavy (non-hydrogen) atoms. The van der Waals surface area contributed by atoms with Gasteiger partial charge in [-0.15, -0.1) is 29.7 Å². The van der Waals surface area contributed by atoms with Gasteiger partial charge in [0, 0.05) is 54.0 Å². The number of fused-ring (bicyclic) bond motifs is 4. The molecule has 0 fully saturated rings. The Morgan fingerprint density at radius 2 is 1.25 bits per heavy atom. The molecule has 0 bridgehead atoms. The van der Waals surface area contributed by atoms with Crippen molar-refractivity contribution in [2.45, 2.75) is 33.0 Å². The minimum absolute atomic E-state index is 0. The van der Waals surface area contributed by atoms with E-state index in [9.17, 15) is 5.48 Å². The second kappa shape index (κ2) is 17.0. The van der Waals surface area contributed by atoms with Gasteiger partial charge < -0.3 is 13.9 Å². The number of aryl methyl sites for hydroxylation is 1. The average molecular weight is 1040 g/mol.